The number of halogens is 1. The minimum absolute atomic E-state index is 0.0436. The summed E-state index contributed by atoms with van der Waals surface area (Å²) in [5.41, 5.74) is 6.53. The Balaban J connectivity index is 2.31. The molecule has 27 heavy (non-hydrogen) atoms. The lowest BCUT2D eigenvalue weighted by Gasteiger charge is -2.15. The number of hydrogen-bond donors (Lipinski definition) is 4. The SMILES string of the molecule is CC[C@@H](CO)Nc1nc(-c2cccc(O)c2F)c2c(N)c(C(C)=O)sc2n1. The van der Waals surface area contributed by atoms with Gasteiger partial charge in [0.1, 0.15) is 4.83 Å². The van der Waals surface area contributed by atoms with Gasteiger partial charge in [0.05, 0.1) is 34.3 Å². The first-order valence-electron chi connectivity index (χ1n) is 8.33. The number of phenols is 1. The number of carbonyl (C=O) groups excluding carboxylic acids is 1. The van der Waals surface area contributed by atoms with Crippen molar-refractivity contribution >= 4 is 39.0 Å². The van der Waals surface area contributed by atoms with E-state index in [2.05, 4.69) is 15.3 Å². The topological polar surface area (TPSA) is 121 Å². The first kappa shape index (κ1) is 19.0. The van der Waals surface area contributed by atoms with Crippen molar-refractivity contribution in [3.05, 3.63) is 28.9 Å². The summed E-state index contributed by atoms with van der Waals surface area (Å²) in [6, 6.07) is 3.90. The lowest BCUT2D eigenvalue weighted by Crippen LogP contribution is -2.24. The molecule has 0 fully saturated rings. The molecular formula is C18H19FN4O3S. The maximum Gasteiger partial charge on any atom is 0.224 e. The van der Waals surface area contributed by atoms with Crippen molar-refractivity contribution in [2.24, 2.45) is 0 Å². The number of benzene rings is 1. The molecule has 7 nitrogen and oxygen atoms in total. The molecule has 2 heterocycles. The number of thiophene rings is 1. The van der Waals surface area contributed by atoms with Crippen LogP contribution >= 0.6 is 11.3 Å². The summed E-state index contributed by atoms with van der Waals surface area (Å²) in [6.07, 6.45) is 0.624. The Kier molecular flexibility index (Phi) is 5.24. The molecule has 2 aromatic heterocycles. The van der Waals surface area contributed by atoms with Crippen molar-refractivity contribution in [3.8, 4) is 17.0 Å². The van der Waals surface area contributed by atoms with Crippen LogP contribution in [0.3, 0.4) is 0 Å². The molecule has 0 saturated carbocycles. The average Bonchev–Trinajstić information content (AvgIpc) is 2.98. The zero-order valence-electron chi connectivity index (χ0n) is 14.8. The highest BCUT2D eigenvalue weighted by atomic mass is 32.1. The standard InChI is InChI=1S/C18H19FN4O3S/c1-3-9(7-24)21-18-22-15(10-5-4-6-11(26)13(10)19)12-14(20)16(8(2)25)27-17(12)23-18/h4-6,9,24,26H,3,7,20H2,1-2H3,(H,21,22,23)/t9-/m0/s1. The van der Waals surface area contributed by atoms with Gasteiger partial charge in [0.15, 0.2) is 17.3 Å². The number of nitrogens with two attached hydrogens (primary N) is 1. The van der Waals surface area contributed by atoms with Crippen LogP contribution in [-0.4, -0.2) is 38.6 Å². The molecule has 3 rings (SSSR count). The van der Waals surface area contributed by atoms with Crippen LogP contribution in [0.25, 0.3) is 21.5 Å². The van der Waals surface area contributed by atoms with Crippen LogP contribution in [-0.2, 0) is 0 Å². The molecule has 0 amide bonds. The fourth-order valence-electron chi connectivity index (χ4n) is 2.70. The number of hydrogen-bond acceptors (Lipinski definition) is 8. The van der Waals surface area contributed by atoms with Crippen LogP contribution in [0, 0.1) is 5.82 Å². The van der Waals surface area contributed by atoms with Crippen LogP contribution in [0.4, 0.5) is 16.0 Å². The van der Waals surface area contributed by atoms with Gasteiger partial charge in [0, 0.05) is 12.5 Å². The number of aliphatic hydroxyl groups excluding tert-OH is 1. The molecule has 9 heteroatoms. The molecule has 0 bridgehead atoms. The minimum atomic E-state index is -0.840. The number of ketones is 1. The monoisotopic (exact) mass is 390 g/mol. The van der Waals surface area contributed by atoms with Gasteiger partial charge in [0.2, 0.25) is 5.95 Å². The maximum atomic E-state index is 14.6. The number of aromatic hydroxyl groups is 1. The second-order valence-corrected chi connectivity index (χ2v) is 7.05. The van der Waals surface area contributed by atoms with Gasteiger partial charge < -0.3 is 21.3 Å². The number of nitrogens with zero attached hydrogens (tertiary/aromatic N) is 2. The number of fused-ring (bicyclic) bond motifs is 1. The molecule has 1 aromatic carbocycles. The zero-order valence-corrected chi connectivity index (χ0v) is 15.6. The molecule has 0 aliphatic heterocycles. The third-order valence-corrected chi connectivity index (χ3v) is 5.39. The van der Waals surface area contributed by atoms with Crippen LogP contribution in [0.1, 0.15) is 29.9 Å². The third kappa shape index (κ3) is 3.43. The van der Waals surface area contributed by atoms with E-state index in [-0.39, 0.29) is 41.3 Å². The van der Waals surface area contributed by atoms with Crippen LogP contribution in [0.2, 0.25) is 0 Å². The Hall–Kier alpha value is -2.78. The van der Waals surface area contributed by atoms with Crippen molar-refractivity contribution in [1.29, 1.82) is 0 Å². The number of Topliss-reactive ketones (excluding diaryl/α,β-unsaturated/α-hetero) is 1. The summed E-state index contributed by atoms with van der Waals surface area (Å²) in [4.78, 5) is 21.4. The van der Waals surface area contributed by atoms with Crippen molar-refractivity contribution in [2.45, 2.75) is 26.3 Å². The summed E-state index contributed by atoms with van der Waals surface area (Å²) in [5.74, 6) is -1.41. The second kappa shape index (κ2) is 7.45. The maximum absolute atomic E-state index is 14.6. The van der Waals surface area contributed by atoms with Crippen LogP contribution < -0.4 is 11.1 Å². The van der Waals surface area contributed by atoms with E-state index in [1.807, 2.05) is 6.92 Å². The Morgan fingerprint density at radius 3 is 2.78 bits per heavy atom. The molecule has 3 aromatic rings. The number of phenolic OH excluding ortho intramolecular Hbond substituents is 1. The molecule has 0 saturated heterocycles. The van der Waals surface area contributed by atoms with Crippen molar-refractivity contribution in [2.75, 3.05) is 17.7 Å². The highest BCUT2D eigenvalue weighted by Gasteiger charge is 2.23. The van der Waals surface area contributed by atoms with Gasteiger partial charge in [-0.3, -0.25) is 4.79 Å². The second-order valence-electron chi connectivity index (χ2n) is 6.05. The normalized spacial score (nSPS) is 12.3. The largest absolute Gasteiger partial charge is 0.505 e. The molecule has 0 aliphatic carbocycles. The Labute approximate surface area is 158 Å². The number of nitrogens with one attached hydrogen (secondary N) is 1. The molecule has 1 atom stereocenters. The summed E-state index contributed by atoms with van der Waals surface area (Å²) >= 11 is 1.09. The Morgan fingerprint density at radius 2 is 2.15 bits per heavy atom. The van der Waals surface area contributed by atoms with Gasteiger partial charge in [-0.15, -0.1) is 11.3 Å². The quantitative estimate of drug-likeness (QED) is 0.477. The molecular weight excluding hydrogens is 371 g/mol. The number of anilines is 2. The lowest BCUT2D eigenvalue weighted by atomic mass is 10.1. The average molecular weight is 390 g/mol. The van der Waals surface area contributed by atoms with Crippen molar-refractivity contribution < 1.29 is 19.4 Å². The number of carbonyl (C=O) groups is 1. The van der Waals surface area contributed by atoms with E-state index in [0.29, 0.717) is 21.5 Å². The summed E-state index contributed by atoms with van der Waals surface area (Å²) in [5, 5.41) is 22.5. The van der Waals surface area contributed by atoms with Gasteiger partial charge in [-0.2, -0.15) is 0 Å². The summed E-state index contributed by atoms with van der Waals surface area (Å²) in [6.45, 7) is 3.15. The van der Waals surface area contributed by atoms with Gasteiger partial charge in [0.25, 0.3) is 0 Å². The predicted octanol–water partition coefficient (Wildman–Crippen LogP) is 3.17. The Morgan fingerprint density at radius 1 is 1.41 bits per heavy atom. The first-order chi connectivity index (χ1) is 12.9. The Bertz CT molecular complexity index is 1020. The van der Waals surface area contributed by atoms with Crippen LogP contribution in [0.15, 0.2) is 18.2 Å². The first-order valence-corrected chi connectivity index (χ1v) is 9.15. The van der Waals surface area contributed by atoms with E-state index < -0.39 is 11.6 Å². The molecule has 142 valence electrons. The van der Waals surface area contributed by atoms with E-state index in [1.54, 1.807) is 0 Å². The smallest absolute Gasteiger partial charge is 0.224 e. The molecule has 0 aliphatic rings. The van der Waals surface area contributed by atoms with Crippen LogP contribution in [0.5, 0.6) is 5.75 Å². The number of nitrogen functional groups attached to an aromatic ring is 1. The highest BCUT2D eigenvalue weighted by molar-refractivity contribution is 7.21. The summed E-state index contributed by atoms with van der Waals surface area (Å²) < 4.78 is 14.6. The van der Waals surface area contributed by atoms with E-state index in [0.717, 1.165) is 11.3 Å². The van der Waals surface area contributed by atoms with Crippen molar-refractivity contribution in [1.82, 2.24) is 9.97 Å². The van der Waals surface area contributed by atoms with E-state index in [1.165, 1.54) is 25.1 Å². The van der Waals surface area contributed by atoms with Crippen molar-refractivity contribution in [3.63, 3.8) is 0 Å². The third-order valence-electron chi connectivity index (χ3n) is 4.19. The fourth-order valence-corrected chi connectivity index (χ4v) is 3.69. The number of aromatic nitrogens is 2. The molecule has 0 unspecified atom stereocenters. The zero-order chi connectivity index (χ0) is 19.7. The van der Waals surface area contributed by atoms with Gasteiger partial charge in [-0.1, -0.05) is 13.0 Å². The molecule has 0 radical (unpaired) electrons. The number of aliphatic hydroxyl groups is 1. The highest BCUT2D eigenvalue weighted by Crippen LogP contribution is 2.40. The fraction of sp³-hybridized carbons (Fsp3) is 0.278. The summed E-state index contributed by atoms with van der Waals surface area (Å²) in [7, 11) is 0. The molecule has 5 N–H and O–H groups in total. The lowest BCUT2D eigenvalue weighted by molar-refractivity contribution is 0.102. The molecule has 0 spiro atoms. The van der Waals surface area contributed by atoms with E-state index in [4.69, 9.17) is 5.73 Å². The number of rotatable bonds is 6. The predicted molar refractivity (Wildman–Crippen MR) is 104 cm³/mol. The minimum Gasteiger partial charge on any atom is -0.505 e. The van der Waals surface area contributed by atoms with E-state index in [9.17, 15) is 19.4 Å². The van der Waals surface area contributed by atoms with E-state index >= 15 is 0 Å². The van der Waals surface area contributed by atoms with Gasteiger partial charge in [-0.25, -0.2) is 14.4 Å². The van der Waals surface area contributed by atoms with Gasteiger partial charge in [-0.05, 0) is 18.6 Å². The van der Waals surface area contributed by atoms with Gasteiger partial charge >= 0.3 is 0 Å².